The Balaban J connectivity index is 1.32. The molecule has 28 heavy (non-hydrogen) atoms. The van der Waals surface area contributed by atoms with Gasteiger partial charge in [0.1, 0.15) is 0 Å². The Kier molecular flexibility index (Phi) is 5.90. The average Bonchev–Trinajstić information content (AvgIpc) is 2.87. The summed E-state index contributed by atoms with van der Waals surface area (Å²) >= 11 is 1.57. The van der Waals surface area contributed by atoms with E-state index in [0.717, 1.165) is 31.4 Å². The molecule has 2 heterocycles. The van der Waals surface area contributed by atoms with Gasteiger partial charge in [-0.15, -0.1) is 11.3 Å². The number of hydrogen-bond donors (Lipinski definition) is 1. The van der Waals surface area contributed by atoms with Gasteiger partial charge >= 0.3 is 0 Å². The molecule has 0 spiro atoms. The summed E-state index contributed by atoms with van der Waals surface area (Å²) in [4.78, 5) is 30.6. The van der Waals surface area contributed by atoms with Crippen molar-refractivity contribution < 1.29 is 19.1 Å². The van der Waals surface area contributed by atoms with Crippen LogP contribution >= 0.6 is 11.3 Å². The van der Waals surface area contributed by atoms with E-state index in [9.17, 15) is 9.59 Å². The fourth-order valence-electron chi connectivity index (χ4n) is 3.47. The molecule has 6 nitrogen and oxygen atoms in total. The van der Waals surface area contributed by atoms with Gasteiger partial charge in [-0.25, -0.2) is 4.98 Å². The van der Waals surface area contributed by atoms with Crippen LogP contribution in [0.15, 0.2) is 18.2 Å². The fraction of sp³-hybridized carbons (Fsp3) is 0.476. The minimum atomic E-state index is -0.174. The Hall–Kier alpha value is -2.41. The van der Waals surface area contributed by atoms with Gasteiger partial charge in [0.15, 0.2) is 22.4 Å². The van der Waals surface area contributed by atoms with Crippen LogP contribution in [0.1, 0.15) is 59.5 Å². The van der Waals surface area contributed by atoms with Gasteiger partial charge in [-0.05, 0) is 43.9 Å². The average molecular weight is 401 g/mol. The van der Waals surface area contributed by atoms with Crippen molar-refractivity contribution in [3.8, 4) is 11.5 Å². The second-order valence-electron chi connectivity index (χ2n) is 7.13. The molecule has 2 aliphatic rings. The van der Waals surface area contributed by atoms with Crippen molar-refractivity contribution in [1.82, 2.24) is 4.98 Å². The lowest BCUT2D eigenvalue weighted by molar-refractivity contribution is -0.116. The summed E-state index contributed by atoms with van der Waals surface area (Å²) in [6, 6.07) is 5.20. The minimum absolute atomic E-state index is 0.0827. The van der Waals surface area contributed by atoms with Crippen LogP contribution < -0.4 is 14.8 Å². The summed E-state index contributed by atoms with van der Waals surface area (Å²) in [5.41, 5.74) is 1.67. The lowest BCUT2D eigenvalue weighted by atomic mass is 10.1. The Morgan fingerprint density at radius 2 is 1.82 bits per heavy atom. The number of ketones is 1. The van der Waals surface area contributed by atoms with Crippen LogP contribution in [0.4, 0.5) is 5.13 Å². The highest BCUT2D eigenvalue weighted by molar-refractivity contribution is 7.15. The van der Waals surface area contributed by atoms with Crippen molar-refractivity contribution in [2.75, 3.05) is 18.5 Å². The van der Waals surface area contributed by atoms with E-state index in [1.807, 2.05) is 0 Å². The van der Waals surface area contributed by atoms with Crippen LogP contribution in [0.5, 0.6) is 11.5 Å². The van der Waals surface area contributed by atoms with Crippen LogP contribution in [-0.2, 0) is 17.6 Å². The number of benzene rings is 1. The van der Waals surface area contributed by atoms with E-state index in [1.54, 1.807) is 29.5 Å². The maximum atomic E-state index is 12.5. The number of amides is 1. The van der Waals surface area contributed by atoms with Gasteiger partial charge in [0, 0.05) is 29.7 Å². The number of ether oxygens (including phenoxy) is 2. The van der Waals surface area contributed by atoms with Crippen LogP contribution in [0.2, 0.25) is 0 Å². The molecule has 4 rings (SSSR count). The monoisotopic (exact) mass is 400 g/mol. The first kappa shape index (κ1) is 18.9. The van der Waals surface area contributed by atoms with E-state index in [1.165, 1.54) is 17.7 Å². The first-order valence-electron chi connectivity index (χ1n) is 9.90. The number of carbonyl (C=O) groups excluding carboxylic acids is 2. The molecule has 7 heteroatoms. The molecule has 2 aromatic rings. The van der Waals surface area contributed by atoms with E-state index in [0.29, 0.717) is 35.4 Å². The minimum Gasteiger partial charge on any atom is -0.490 e. The number of rotatable bonds is 5. The first-order valence-corrected chi connectivity index (χ1v) is 10.7. The Morgan fingerprint density at radius 1 is 1.00 bits per heavy atom. The maximum absolute atomic E-state index is 12.5. The molecule has 0 radical (unpaired) electrons. The second-order valence-corrected chi connectivity index (χ2v) is 8.22. The van der Waals surface area contributed by atoms with Gasteiger partial charge in [0.2, 0.25) is 5.91 Å². The summed E-state index contributed by atoms with van der Waals surface area (Å²) in [6.45, 7) is 1.19. The summed E-state index contributed by atoms with van der Waals surface area (Å²) in [6.07, 6.45) is 6.73. The van der Waals surface area contributed by atoms with Crippen molar-refractivity contribution in [2.24, 2.45) is 0 Å². The number of carbonyl (C=O) groups is 2. The third kappa shape index (κ3) is 4.52. The molecule has 0 unspecified atom stereocenters. The lowest BCUT2D eigenvalue weighted by Gasteiger charge is -2.08. The molecule has 0 atom stereocenters. The number of aryl methyl sites for hydroxylation is 2. The molecule has 1 aliphatic heterocycles. The van der Waals surface area contributed by atoms with Crippen LogP contribution in [0.25, 0.3) is 0 Å². The highest BCUT2D eigenvalue weighted by Crippen LogP contribution is 2.31. The van der Waals surface area contributed by atoms with Crippen LogP contribution in [-0.4, -0.2) is 29.9 Å². The smallest absolute Gasteiger partial charge is 0.226 e. The van der Waals surface area contributed by atoms with Gasteiger partial charge in [0.05, 0.1) is 18.9 Å². The van der Waals surface area contributed by atoms with Crippen LogP contribution in [0, 0.1) is 0 Å². The quantitative estimate of drug-likeness (QED) is 0.602. The molecule has 1 aliphatic carbocycles. The Morgan fingerprint density at radius 3 is 2.71 bits per heavy atom. The largest absolute Gasteiger partial charge is 0.490 e. The topological polar surface area (TPSA) is 77.5 Å². The molecular formula is C21H24N2O4S. The number of hydrogen-bond acceptors (Lipinski definition) is 6. The molecule has 1 aromatic heterocycles. The first-order chi connectivity index (χ1) is 13.7. The number of fused-ring (bicyclic) bond motifs is 2. The van der Waals surface area contributed by atoms with E-state index < -0.39 is 0 Å². The number of nitrogens with one attached hydrogen (secondary N) is 1. The predicted octanol–water partition coefficient (Wildman–Crippen LogP) is 4.17. The number of thiazole rings is 1. The third-order valence-corrected chi connectivity index (χ3v) is 6.06. The summed E-state index contributed by atoms with van der Waals surface area (Å²) in [5, 5.41) is 3.51. The Labute approximate surface area is 168 Å². The van der Waals surface area contributed by atoms with Crippen molar-refractivity contribution >= 4 is 28.2 Å². The molecule has 1 amide bonds. The number of Topliss-reactive ketones (excluding diaryl/α,β-unsaturated/α-hetero) is 1. The zero-order valence-electron chi connectivity index (χ0n) is 15.8. The summed E-state index contributed by atoms with van der Waals surface area (Å²) in [5.74, 6) is 1.000. The number of anilines is 1. The molecule has 1 aromatic carbocycles. The molecular weight excluding hydrogens is 376 g/mol. The van der Waals surface area contributed by atoms with Gasteiger partial charge in [-0.3, -0.25) is 9.59 Å². The molecule has 1 N–H and O–H groups in total. The van der Waals surface area contributed by atoms with Crippen molar-refractivity contribution in [3.05, 3.63) is 34.3 Å². The summed E-state index contributed by atoms with van der Waals surface area (Å²) in [7, 11) is 0. The third-order valence-electron chi connectivity index (χ3n) is 4.99. The van der Waals surface area contributed by atoms with E-state index >= 15 is 0 Å². The Bertz CT molecular complexity index is 854. The second kappa shape index (κ2) is 8.73. The zero-order chi connectivity index (χ0) is 19.3. The van der Waals surface area contributed by atoms with E-state index in [-0.39, 0.29) is 24.5 Å². The normalized spacial score (nSPS) is 15.9. The highest BCUT2D eigenvalue weighted by Gasteiger charge is 2.17. The van der Waals surface area contributed by atoms with Crippen molar-refractivity contribution in [3.63, 3.8) is 0 Å². The number of aromatic nitrogens is 1. The molecule has 148 valence electrons. The summed E-state index contributed by atoms with van der Waals surface area (Å²) < 4.78 is 11.2. The maximum Gasteiger partial charge on any atom is 0.226 e. The van der Waals surface area contributed by atoms with Gasteiger partial charge in [0.25, 0.3) is 0 Å². The molecule has 0 fully saturated rings. The van der Waals surface area contributed by atoms with Crippen molar-refractivity contribution in [2.45, 2.75) is 51.4 Å². The SMILES string of the molecule is O=C(CCC(=O)c1ccc2c(c1)OCCCO2)Nc1nc2c(s1)CCCCC2. The zero-order valence-corrected chi connectivity index (χ0v) is 16.6. The van der Waals surface area contributed by atoms with Crippen molar-refractivity contribution in [1.29, 1.82) is 0 Å². The van der Waals surface area contributed by atoms with Gasteiger partial charge in [-0.1, -0.05) is 6.42 Å². The standard InChI is InChI=1S/C21H24N2O4S/c24-16(14-7-9-17-18(13-14)27-12-4-11-26-17)8-10-20(25)23-21-22-15-5-2-1-3-6-19(15)28-21/h7,9,13H,1-6,8,10-12H2,(H,22,23,25). The molecule has 0 saturated carbocycles. The number of nitrogens with zero attached hydrogens (tertiary/aromatic N) is 1. The van der Waals surface area contributed by atoms with Gasteiger partial charge < -0.3 is 14.8 Å². The van der Waals surface area contributed by atoms with E-state index in [4.69, 9.17) is 9.47 Å². The van der Waals surface area contributed by atoms with Gasteiger partial charge in [-0.2, -0.15) is 0 Å². The van der Waals surface area contributed by atoms with E-state index in [2.05, 4.69) is 10.3 Å². The lowest BCUT2D eigenvalue weighted by Crippen LogP contribution is -2.13. The predicted molar refractivity (Wildman–Crippen MR) is 108 cm³/mol. The molecule has 0 saturated heterocycles. The fourth-order valence-corrected chi connectivity index (χ4v) is 4.54. The molecule has 0 bridgehead atoms. The van der Waals surface area contributed by atoms with Crippen LogP contribution in [0.3, 0.4) is 0 Å². The highest BCUT2D eigenvalue weighted by atomic mass is 32.1.